The van der Waals surface area contributed by atoms with E-state index in [1.54, 1.807) is 12.1 Å². The minimum absolute atomic E-state index is 0.00163. The Morgan fingerprint density at radius 3 is 2.48 bits per heavy atom. The van der Waals surface area contributed by atoms with Gasteiger partial charge >= 0.3 is 0 Å². The van der Waals surface area contributed by atoms with E-state index in [0.717, 1.165) is 68.0 Å². The monoisotopic (exact) mass is 452 g/mol. The minimum Gasteiger partial charge on any atom is -0.494 e. The first-order chi connectivity index (χ1) is 16.0. The lowest BCUT2D eigenvalue weighted by molar-refractivity contribution is -0.122. The number of piperidine rings is 1. The Morgan fingerprint density at radius 1 is 1.06 bits per heavy atom. The summed E-state index contributed by atoms with van der Waals surface area (Å²) in [5, 5.41) is 3.11. The van der Waals surface area contributed by atoms with Gasteiger partial charge in [-0.2, -0.15) is 0 Å². The molecule has 0 spiro atoms. The third kappa shape index (κ3) is 6.14. The zero-order chi connectivity index (χ0) is 23.1. The molecule has 2 aromatic carbocycles. The van der Waals surface area contributed by atoms with Crippen molar-refractivity contribution in [2.75, 3.05) is 31.6 Å². The van der Waals surface area contributed by atoms with Gasteiger partial charge in [0.25, 0.3) is 0 Å². The summed E-state index contributed by atoms with van der Waals surface area (Å²) in [6, 6.07) is 14.1. The lowest BCUT2D eigenvalue weighted by atomic mass is 9.68. The molecule has 178 valence electrons. The first kappa shape index (κ1) is 23.7. The average molecular weight is 453 g/mol. The Hall–Kier alpha value is -2.40. The molecule has 2 aromatic rings. The van der Waals surface area contributed by atoms with Crippen LogP contribution in [0.1, 0.15) is 63.9 Å². The number of carbonyl (C=O) groups is 1. The van der Waals surface area contributed by atoms with Gasteiger partial charge in [0.1, 0.15) is 11.6 Å². The third-order valence-corrected chi connectivity index (χ3v) is 7.28. The molecule has 2 aliphatic rings. The van der Waals surface area contributed by atoms with Crippen molar-refractivity contribution in [2.24, 2.45) is 5.92 Å². The maximum Gasteiger partial charge on any atom is 0.235 e. The molecule has 2 fully saturated rings. The summed E-state index contributed by atoms with van der Waals surface area (Å²) in [5.41, 5.74) is 1.08. The molecule has 5 heteroatoms. The van der Waals surface area contributed by atoms with Crippen molar-refractivity contribution in [3.05, 3.63) is 59.9 Å². The molecule has 1 amide bonds. The Morgan fingerprint density at radius 2 is 1.79 bits per heavy atom. The van der Waals surface area contributed by atoms with Crippen LogP contribution in [0.25, 0.3) is 0 Å². The molecule has 0 unspecified atom stereocenters. The first-order valence-corrected chi connectivity index (χ1v) is 12.6. The summed E-state index contributed by atoms with van der Waals surface area (Å²) in [5.74, 6) is 1.36. The number of hydrogen-bond acceptors (Lipinski definition) is 3. The van der Waals surface area contributed by atoms with E-state index >= 15 is 0 Å². The highest BCUT2D eigenvalue weighted by atomic mass is 19.1. The molecule has 4 rings (SSSR count). The summed E-state index contributed by atoms with van der Waals surface area (Å²) in [7, 11) is 0. The van der Waals surface area contributed by atoms with E-state index in [9.17, 15) is 9.18 Å². The van der Waals surface area contributed by atoms with Gasteiger partial charge in [0.05, 0.1) is 12.0 Å². The van der Waals surface area contributed by atoms with Gasteiger partial charge in [0.2, 0.25) is 5.91 Å². The summed E-state index contributed by atoms with van der Waals surface area (Å²) in [6.07, 6.45) is 8.41. The van der Waals surface area contributed by atoms with Crippen LogP contribution in [0.3, 0.4) is 0 Å². The smallest absolute Gasteiger partial charge is 0.235 e. The number of likely N-dealkylation sites (tertiary alicyclic amines) is 1. The number of hydrogen-bond donors (Lipinski definition) is 1. The standard InChI is InChI=1S/C28H37FN2O2/c1-22-7-5-18-31(21-22)19-6-20-33-26-14-12-25(13-15-26)30-27(32)28(16-3-2-4-17-28)23-8-10-24(29)11-9-23/h8-15,22H,2-7,16-21H2,1H3,(H,30,32)/t22-/m0/s1. The van der Waals surface area contributed by atoms with Gasteiger partial charge in [-0.15, -0.1) is 0 Å². The molecule has 1 saturated carbocycles. The molecule has 0 bridgehead atoms. The van der Waals surface area contributed by atoms with E-state index in [-0.39, 0.29) is 11.7 Å². The fourth-order valence-corrected chi connectivity index (χ4v) is 5.42. The number of nitrogens with one attached hydrogen (secondary N) is 1. The van der Waals surface area contributed by atoms with Crippen molar-refractivity contribution >= 4 is 11.6 Å². The maximum absolute atomic E-state index is 13.5. The average Bonchev–Trinajstić information content (AvgIpc) is 2.84. The van der Waals surface area contributed by atoms with Crippen LogP contribution < -0.4 is 10.1 Å². The molecule has 0 radical (unpaired) electrons. The predicted octanol–water partition coefficient (Wildman–Crippen LogP) is 6.17. The van der Waals surface area contributed by atoms with Crippen molar-refractivity contribution in [1.82, 2.24) is 4.90 Å². The van der Waals surface area contributed by atoms with Crippen molar-refractivity contribution in [3.63, 3.8) is 0 Å². The minimum atomic E-state index is -0.590. The number of rotatable bonds is 8. The highest BCUT2D eigenvalue weighted by Gasteiger charge is 2.41. The third-order valence-electron chi connectivity index (χ3n) is 7.28. The van der Waals surface area contributed by atoms with Crippen LogP contribution in [-0.2, 0) is 10.2 Å². The Balaban J connectivity index is 1.31. The van der Waals surface area contributed by atoms with Crippen LogP contribution in [0, 0.1) is 11.7 Å². The lowest BCUT2D eigenvalue weighted by Crippen LogP contribution is -2.42. The Bertz CT molecular complexity index is 891. The maximum atomic E-state index is 13.5. The second kappa shape index (κ2) is 11.1. The second-order valence-electron chi connectivity index (χ2n) is 9.88. The lowest BCUT2D eigenvalue weighted by Gasteiger charge is -2.36. The summed E-state index contributed by atoms with van der Waals surface area (Å²) < 4.78 is 19.4. The SMILES string of the molecule is C[C@H]1CCCN(CCCOc2ccc(NC(=O)C3(c4ccc(F)cc4)CCCCC3)cc2)C1. The number of halogens is 1. The Kier molecular flexibility index (Phi) is 8.02. The summed E-state index contributed by atoms with van der Waals surface area (Å²) in [4.78, 5) is 15.9. The molecule has 1 saturated heterocycles. The van der Waals surface area contributed by atoms with Gasteiger partial charge in [0.15, 0.2) is 0 Å². The second-order valence-corrected chi connectivity index (χ2v) is 9.88. The number of carbonyl (C=O) groups excluding carboxylic acids is 1. The quantitative estimate of drug-likeness (QED) is 0.487. The molecule has 1 aliphatic carbocycles. The zero-order valence-corrected chi connectivity index (χ0v) is 19.8. The first-order valence-electron chi connectivity index (χ1n) is 12.6. The van der Waals surface area contributed by atoms with E-state index < -0.39 is 5.41 Å². The predicted molar refractivity (Wildman–Crippen MR) is 131 cm³/mol. The van der Waals surface area contributed by atoms with E-state index in [4.69, 9.17) is 4.74 Å². The summed E-state index contributed by atoms with van der Waals surface area (Å²) in [6.45, 7) is 6.53. The topological polar surface area (TPSA) is 41.6 Å². The van der Waals surface area contributed by atoms with Crippen LogP contribution >= 0.6 is 0 Å². The van der Waals surface area contributed by atoms with Gasteiger partial charge in [-0.3, -0.25) is 4.79 Å². The van der Waals surface area contributed by atoms with E-state index in [0.29, 0.717) is 6.61 Å². The highest BCUT2D eigenvalue weighted by molar-refractivity contribution is 5.99. The fraction of sp³-hybridized carbons (Fsp3) is 0.536. The van der Waals surface area contributed by atoms with Gasteiger partial charge in [-0.1, -0.05) is 38.3 Å². The van der Waals surface area contributed by atoms with E-state index in [2.05, 4.69) is 17.1 Å². The molecule has 0 aromatic heterocycles. The highest BCUT2D eigenvalue weighted by Crippen LogP contribution is 2.40. The number of anilines is 1. The molecular formula is C28H37FN2O2. The normalized spacial score (nSPS) is 20.8. The van der Waals surface area contributed by atoms with Crippen LogP contribution in [0.2, 0.25) is 0 Å². The number of ether oxygens (including phenoxy) is 1. The van der Waals surface area contributed by atoms with Gasteiger partial charge in [0, 0.05) is 18.8 Å². The van der Waals surface area contributed by atoms with Crippen LogP contribution in [0.4, 0.5) is 10.1 Å². The van der Waals surface area contributed by atoms with E-state index in [1.165, 1.54) is 38.1 Å². The van der Waals surface area contributed by atoms with Gasteiger partial charge in [-0.25, -0.2) is 4.39 Å². The molecular weight excluding hydrogens is 415 g/mol. The molecule has 1 N–H and O–H groups in total. The molecule has 1 aliphatic heterocycles. The van der Waals surface area contributed by atoms with Crippen molar-refractivity contribution in [1.29, 1.82) is 0 Å². The number of nitrogens with zero attached hydrogens (tertiary/aromatic N) is 1. The van der Waals surface area contributed by atoms with Crippen LogP contribution in [0.15, 0.2) is 48.5 Å². The number of amides is 1. The Labute approximate surface area is 197 Å². The number of benzene rings is 2. The van der Waals surface area contributed by atoms with Gasteiger partial charge < -0.3 is 15.0 Å². The molecule has 4 nitrogen and oxygen atoms in total. The van der Waals surface area contributed by atoms with Crippen LogP contribution in [-0.4, -0.2) is 37.0 Å². The molecule has 1 atom stereocenters. The van der Waals surface area contributed by atoms with Gasteiger partial charge in [-0.05, 0) is 86.5 Å². The van der Waals surface area contributed by atoms with E-state index in [1.807, 2.05) is 24.3 Å². The van der Waals surface area contributed by atoms with Crippen molar-refractivity contribution < 1.29 is 13.9 Å². The fourth-order valence-electron chi connectivity index (χ4n) is 5.42. The van der Waals surface area contributed by atoms with Crippen molar-refractivity contribution in [2.45, 2.75) is 63.7 Å². The van der Waals surface area contributed by atoms with Crippen molar-refractivity contribution in [3.8, 4) is 5.75 Å². The molecule has 1 heterocycles. The molecule has 33 heavy (non-hydrogen) atoms. The summed E-state index contributed by atoms with van der Waals surface area (Å²) >= 11 is 0. The zero-order valence-electron chi connectivity index (χ0n) is 19.8. The van der Waals surface area contributed by atoms with Crippen LogP contribution in [0.5, 0.6) is 5.75 Å². The largest absolute Gasteiger partial charge is 0.494 e.